The van der Waals surface area contributed by atoms with E-state index in [2.05, 4.69) is 51.2 Å². The maximum absolute atomic E-state index is 11.4. The van der Waals surface area contributed by atoms with Crippen molar-refractivity contribution in [3.05, 3.63) is 34.9 Å². The van der Waals surface area contributed by atoms with Crippen LogP contribution in [0.4, 0.5) is 0 Å². The first-order valence-electron chi connectivity index (χ1n) is 6.36. The topological polar surface area (TPSA) is 55.1 Å². The Morgan fingerprint density at radius 1 is 1.39 bits per heavy atom. The lowest BCUT2D eigenvalue weighted by atomic mass is 9.84. The van der Waals surface area contributed by atoms with Crippen LogP contribution in [-0.4, -0.2) is 12.5 Å². The highest BCUT2D eigenvalue weighted by molar-refractivity contribution is 5.78. The van der Waals surface area contributed by atoms with Gasteiger partial charge in [0.1, 0.15) is 0 Å². The molecule has 1 amide bonds. The number of carbonyl (C=O) groups is 1. The Kier molecular flexibility index (Phi) is 4.52. The largest absolute Gasteiger partial charge is 0.348 e. The van der Waals surface area contributed by atoms with Crippen molar-refractivity contribution in [3.8, 4) is 0 Å². The molecule has 0 aliphatic carbocycles. The first-order valence-corrected chi connectivity index (χ1v) is 6.36. The van der Waals surface area contributed by atoms with Crippen LogP contribution >= 0.6 is 0 Å². The third-order valence-electron chi connectivity index (χ3n) is 3.17. The van der Waals surface area contributed by atoms with Gasteiger partial charge in [0, 0.05) is 0 Å². The van der Waals surface area contributed by atoms with Crippen molar-refractivity contribution in [1.29, 1.82) is 0 Å². The molecule has 3 N–H and O–H groups in total. The number of hydrogen-bond donors (Lipinski definition) is 2. The summed E-state index contributed by atoms with van der Waals surface area (Å²) in [4.78, 5) is 11.4. The third-order valence-corrected chi connectivity index (χ3v) is 3.17. The van der Waals surface area contributed by atoms with E-state index in [1.165, 1.54) is 11.1 Å². The number of hydrogen-bond acceptors (Lipinski definition) is 2. The van der Waals surface area contributed by atoms with Crippen molar-refractivity contribution in [3.63, 3.8) is 0 Å². The molecule has 0 saturated heterocycles. The molecule has 1 rings (SSSR count). The van der Waals surface area contributed by atoms with Crippen LogP contribution in [0.1, 0.15) is 50.4 Å². The van der Waals surface area contributed by atoms with Crippen LogP contribution in [0.5, 0.6) is 0 Å². The lowest BCUT2D eigenvalue weighted by molar-refractivity contribution is -0.120. The normalized spacial score (nSPS) is 13.2. The number of benzene rings is 1. The van der Waals surface area contributed by atoms with Crippen molar-refractivity contribution in [1.82, 2.24) is 5.32 Å². The Morgan fingerprint density at radius 3 is 2.50 bits per heavy atom. The summed E-state index contributed by atoms with van der Waals surface area (Å²) < 4.78 is 0. The summed E-state index contributed by atoms with van der Waals surface area (Å²) in [6.45, 7) is 10.6. The molecule has 3 nitrogen and oxygen atoms in total. The molecule has 0 bridgehead atoms. The fourth-order valence-electron chi connectivity index (χ4n) is 1.95. The minimum atomic E-state index is -0.122. The Bertz CT molecular complexity index is 433. The fraction of sp³-hybridized carbons (Fsp3) is 0.533. The zero-order valence-corrected chi connectivity index (χ0v) is 12.0. The predicted octanol–water partition coefficient (Wildman–Crippen LogP) is 2.43. The zero-order valence-electron chi connectivity index (χ0n) is 12.0. The van der Waals surface area contributed by atoms with E-state index < -0.39 is 0 Å². The summed E-state index contributed by atoms with van der Waals surface area (Å²) in [6, 6.07) is 6.43. The number of nitrogens with two attached hydrogens (primary N) is 1. The SMILES string of the molecule is Cc1ccc(C(C)(C)C)cc1C(C)NC(=O)CN. The Hall–Kier alpha value is -1.35. The molecule has 0 aliphatic heterocycles. The lowest BCUT2D eigenvalue weighted by Crippen LogP contribution is -2.32. The van der Waals surface area contributed by atoms with Crippen LogP contribution in [-0.2, 0) is 10.2 Å². The quantitative estimate of drug-likeness (QED) is 0.863. The maximum Gasteiger partial charge on any atom is 0.234 e. The van der Waals surface area contributed by atoms with Crippen LogP contribution in [0.3, 0.4) is 0 Å². The van der Waals surface area contributed by atoms with E-state index in [1.54, 1.807) is 0 Å². The first kappa shape index (κ1) is 14.7. The van der Waals surface area contributed by atoms with Crippen molar-refractivity contribution in [2.45, 2.75) is 46.1 Å². The molecule has 0 aliphatic rings. The average molecular weight is 248 g/mol. The molecular weight excluding hydrogens is 224 g/mol. The molecule has 0 fully saturated rings. The number of amides is 1. The van der Waals surface area contributed by atoms with Gasteiger partial charge in [0.2, 0.25) is 5.91 Å². The molecule has 0 saturated carbocycles. The first-order chi connectivity index (χ1) is 8.25. The predicted molar refractivity (Wildman–Crippen MR) is 75.5 cm³/mol. The standard InChI is InChI=1S/C15H24N2O/c1-10-6-7-12(15(3,4)5)8-13(10)11(2)17-14(18)9-16/h6-8,11H,9,16H2,1-5H3,(H,17,18). The van der Waals surface area contributed by atoms with E-state index in [4.69, 9.17) is 5.73 Å². The second-order valence-corrected chi connectivity index (χ2v) is 5.81. The highest BCUT2D eigenvalue weighted by Gasteiger charge is 2.17. The van der Waals surface area contributed by atoms with Gasteiger partial charge >= 0.3 is 0 Å². The summed E-state index contributed by atoms with van der Waals surface area (Å²) in [7, 11) is 0. The van der Waals surface area contributed by atoms with Gasteiger partial charge < -0.3 is 11.1 Å². The average Bonchev–Trinajstić information content (AvgIpc) is 2.27. The molecule has 0 aromatic heterocycles. The lowest BCUT2D eigenvalue weighted by Gasteiger charge is -2.23. The molecular formula is C15H24N2O. The van der Waals surface area contributed by atoms with Crippen molar-refractivity contribution in [2.24, 2.45) is 5.73 Å². The van der Waals surface area contributed by atoms with E-state index in [0.29, 0.717) is 0 Å². The molecule has 1 aromatic carbocycles. The second kappa shape index (κ2) is 5.53. The maximum atomic E-state index is 11.4. The number of aryl methyl sites for hydroxylation is 1. The van der Waals surface area contributed by atoms with Crippen LogP contribution in [0.25, 0.3) is 0 Å². The van der Waals surface area contributed by atoms with Gasteiger partial charge in [0.05, 0.1) is 12.6 Å². The van der Waals surface area contributed by atoms with E-state index >= 15 is 0 Å². The van der Waals surface area contributed by atoms with Gasteiger partial charge in [-0.1, -0.05) is 39.0 Å². The van der Waals surface area contributed by atoms with Gasteiger partial charge in [-0.15, -0.1) is 0 Å². The molecule has 100 valence electrons. The molecule has 1 atom stereocenters. The van der Waals surface area contributed by atoms with Gasteiger partial charge in [0.25, 0.3) is 0 Å². The van der Waals surface area contributed by atoms with Crippen LogP contribution in [0.15, 0.2) is 18.2 Å². The number of carbonyl (C=O) groups excluding carboxylic acids is 1. The molecule has 1 aromatic rings. The smallest absolute Gasteiger partial charge is 0.234 e. The summed E-state index contributed by atoms with van der Waals surface area (Å²) in [6.07, 6.45) is 0. The summed E-state index contributed by atoms with van der Waals surface area (Å²) in [5, 5.41) is 2.90. The van der Waals surface area contributed by atoms with Gasteiger partial charge in [-0.2, -0.15) is 0 Å². The molecule has 1 unspecified atom stereocenters. The Balaban J connectivity index is 3.04. The molecule has 0 heterocycles. The highest BCUT2D eigenvalue weighted by atomic mass is 16.1. The Labute approximate surface area is 110 Å². The van der Waals surface area contributed by atoms with Crippen LogP contribution in [0, 0.1) is 6.92 Å². The van der Waals surface area contributed by atoms with Gasteiger partial charge in [-0.05, 0) is 36.0 Å². The van der Waals surface area contributed by atoms with Crippen molar-refractivity contribution < 1.29 is 4.79 Å². The molecule has 0 radical (unpaired) electrons. The second-order valence-electron chi connectivity index (χ2n) is 5.81. The van der Waals surface area contributed by atoms with Crippen LogP contribution < -0.4 is 11.1 Å². The minimum absolute atomic E-state index is 0.0108. The monoisotopic (exact) mass is 248 g/mol. The molecule has 3 heteroatoms. The number of rotatable bonds is 3. The van der Waals surface area contributed by atoms with Crippen molar-refractivity contribution in [2.75, 3.05) is 6.54 Å². The van der Waals surface area contributed by atoms with Gasteiger partial charge in [-0.25, -0.2) is 0 Å². The van der Waals surface area contributed by atoms with E-state index in [0.717, 1.165) is 5.56 Å². The zero-order chi connectivity index (χ0) is 13.9. The van der Waals surface area contributed by atoms with E-state index in [-0.39, 0.29) is 23.9 Å². The summed E-state index contributed by atoms with van der Waals surface area (Å²) >= 11 is 0. The van der Waals surface area contributed by atoms with Crippen LogP contribution in [0.2, 0.25) is 0 Å². The van der Waals surface area contributed by atoms with E-state index in [9.17, 15) is 4.79 Å². The fourth-order valence-corrected chi connectivity index (χ4v) is 1.95. The Morgan fingerprint density at radius 2 is 2.00 bits per heavy atom. The van der Waals surface area contributed by atoms with E-state index in [1.807, 2.05) is 6.92 Å². The summed E-state index contributed by atoms with van der Waals surface area (Å²) in [5.41, 5.74) is 9.05. The summed E-state index contributed by atoms with van der Waals surface area (Å²) in [5.74, 6) is -0.122. The molecule has 18 heavy (non-hydrogen) atoms. The van der Waals surface area contributed by atoms with Gasteiger partial charge in [0.15, 0.2) is 0 Å². The molecule has 0 spiro atoms. The highest BCUT2D eigenvalue weighted by Crippen LogP contribution is 2.27. The number of nitrogens with one attached hydrogen (secondary N) is 1. The van der Waals surface area contributed by atoms with Gasteiger partial charge in [-0.3, -0.25) is 4.79 Å². The van der Waals surface area contributed by atoms with Crippen molar-refractivity contribution >= 4 is 5.91 Å². The minimum Gasteiger partial charge on any atom is -0.348 e. The third kappa shape index (κ3) is 3.57.